The summed E-state index contributed by atoms with van der Waals surface area (Å²) >= 11 is 0. The van der Waals surface area contributed by atoms with Crippen LogP contribution >= 0.6 is 0 Å². The molecule has 19 heavy (non-hydrogen) atoms. The molecule has 1 saturated heterocycles. The monoisotopic (exact) mass is 267 g/mol. The van der Waals surface area contributed by atoms with Crippen LogP contribution in [-0.2, 0) is 0 Å². The van der Waals surface area contributed by atoms with Gasteiger partial charge in [-0.3, -0.25) is 5.43 Å². The van der Waals surface area contributed by atoms with Crippen LogP contribution in [-0.4, -0.2) is 45.3 Å². The zero-order valence-corrected chi connectivity index (χ0v) is 11.3. The maximum absolute atomic E-state index is 9.70. The Morgan fingerprint density at radius 2 is 1.84 bits per heavy atom. The Morgan fingerprint density at radius 1 is 1.21 bits per heavy atom. The van der Waals surface area contributed by atoms with Crippen LogP contribution in [0.4, 0.5) is 17.8 Å². The van der Waals surface area contributed by atoms with Gasteiger partial charge in [-0.05, 0) is 26.7 Å². The smallest absolute Gasteiger partial charge is 0.243 e. The first-order chi connectivity index (χ1) is 8.98. The topological polar surface area (TPSA) is 112 Å². The molecule has 0 amide bonds. The summed E-state index contributed by atoms with van der Waals surface area (Å²) in [6.45, 7) is 5.66. The molecule has 1 fully saturated rings. The molecular formula is C11H21N7O. The number of aromatic nitrogens is 3. The van der Waals surface area contributed by atoms with Crippen LogP contribution in [0.2, 0.25) is 0 Å². The number of hydrogen-bond acceptors (Lipinski definition) is 8. The van der Waals surface area contributed by atoms with Crippen molar-refractivity contribution in [1.82, 2.24) is 15.0 Å². The second kappa shape index (κ2) is 5.54. The Morgan fingerprint density at radius 3 is 2.42 bits per heavy atom. The third kappa shape index (κ3) is 3.90. The first-order valence-corrected chi connectivity index (χ1v) is 6.42. The molecule has 1 aliphatic heterocycles. The lowest BCUT2D eigenvalue weighted by atomic mass is 10.1. The van der Waals surface area contributed by atoms with Crippen molar-refractivity contribution in [1.29, 1.82) is 0 Å². The lowest BCUT2D eigenvalue weighted by molar-refractivity contribution is 0.0943. The highest BCUT2D eigenvalue weighted by Gasteiger charge is 2.18. The van der Waals surface area contributed by atoms with E-state index >= 15 is 0 Å². The summed E-state index contributed by atoms with van der Waals surface area (Å²) in [4.78, 5) is 14.8. The molecule has 0 aromatic carbocycles. The number of nitrogens with zero attached hydrogens (tertiary/aromatic N) is 4. The van der Waals surface area contributed by atoms with E-state index in [9.17, 15) is 5.11 Å². The fourth-order valence-corrected chi connectivity index (χ4v) is 1.86. The highest BCUT2D eigenvalue weighted by Crippen LogP contribution is 2.18. The molecule has 2 rings (SSSR count). The van der Waals surface area contributed by atoms with Gasteiger partial charge < -0.3 is 15.3 Å². The quantitative estimate of drug-likeness (QED) is 0.433. The van der Waals surface area contributed by atoms with Gasteiger partial charge in [-0.2, -0.15) is 15.0 Å². The average Bonchev–Trinajstić information content (AvgIpc) is 2.89. The van der Waals surface area contributed by atoms with Crippen LogP contribution in [0.5, 0.6) is 0 Å². The minimum Gasteiger partial charge on any atom is -0.389 e. The summed E-state index contributed by atoms with van der Waals surface area (Å²) in [6, 6.07) is 0. The van der Waals surface area contributed by atoms with Gasteiger partial charge in [0.15, 0.2) is 0 Å². The van der Waals surface area contributed by atoms with Gasteiger partial charge in [0.25, 0.3) is 0 Å². The fraction of sp³-hybridized carbons (Fsp3) is 0.727. The molecule has 8 nitrogen and oxygen atoms in total. The largest absolute Gasteiger partial charge is 0.389 e. The van der Waals surface area contributed by atoms with E-state index in [0.29, 0.717) is 24.4 Å². The highest BCUT2D eigenvalue weighted by molar-refractivity contribution is 5.43. The van der Waals surface area contributed by atoms with Gasteiger partial charge in [-0.15, -0.1) is 0 Å². The Bertz CT molecular complexity index is 426. The molecule has 1 aromatic rings. The lowest BCUT2D eigenvalue weighted by Gasteiger charge is -2.19. The number of nitrogens with one attached hydrogen (secondary N) is 2. The number of hydrazine groups is 1. The summed E-state index contributed by atoms with van der Waals surface area (Å²) in [5.41, 5.74) is 1.60. The molecule has 2 heterocycles. The second-order valence-corrected chi connectivity index (χ2v) is 5.29. The number of anilines is 3. The van der Waals surface area contributed by atoms with Gasteiger partial charge in [-0.25, -0.2) is 5.84 Å². The lowest BCUT2D eigenvalue weighted by Crippen LogP contribution is -2.30. The van der Waals surface area contributed by atoms with E-state index in [1.807, 2.05) is 0 Å². The number of rotatable bonds is 5. The zero-order valence-electron chi connectivity index (χ0n) is 11.3. The van der Waals surface area contributed by atoms with Gasteiger partial charge in [-0.1, -0.05) is 0 Å². The standard InChI is InChI=1S/C11H21N7O/c1-11(2,19)7-13-8-14-9(17-12)16-10(15-8)18-5-3-4-6-18/h19H,3-7,12H2,1-2H3,(H2,13,14,15,16,17). The van der Waals surface area contributed by atoms with Crippen molar-refractivity contribution in [2.45, 2.75) is 32.3 Å². The molecule has 0 unspecified atom stereocenters. The predicted molar refractivity (Wildman–Crippen MR) is 73.9 cm³/mol. The average molecular weight is 267 g/mol. The van der Waals surface area contributed by atoms with E-state index in [1.54, 1.807) is 13.8 Å². The Balaban J connectivity index is 2.15. The van der Waals surface area contributed by atoms with Gasteiger partial charge in [0, 0.05) is 19.6 Å². The third-order valence-corrected chi connectivity index (χ3v) is 2.82. The van der Waals surface area contributed by atoms with Crippen LogP contribution in [0.15, 0.2) is 0 Å². The zero-order chi connectivity index (χ0) is 13.9. The van der Waals surface area contributed by atoms with Gasteiger partial charge >= 0.3 is 0 Å². The van der Waals surface area contributed by atoms with Crippen LogP contribution in [0, 0.1) is 0 Å². The summed E-state index contributed by atoms with van der Waals surface area (Å²) < 4.78 is 0. The van der Waals surface area contributed by atoms with Crippen molar-refractivity contribution >= 4 is 17.8 Å². The number of nitrogens with two attached hydrogens (primary N) is 1. The molecule has 106 valence electrons. The molecule has 1 aliphatic rings. The van der Waals surface area contributed by atoms with Crippen molar-refractivity contribution in [2.24, 2.45) is 5.84 Å². The molecule has 0 bridgehead atoms. The molecule has 8 heteroatoms. The maximum atomic E-state index is 9.70. The first-order valence-electron chi connectivity index (χ1n) is 6.42. The van der Waals surface area contributed by atoms with E-state index in [2.05, 4.69) is 30.6 Å². The Labute approximate surface area is 112 Å². The van der Waals surface area contributed by atoms with Crippen molar-refractivity contribution in [3.8, 4) is 0 Å². The first kappa shape index (κ1) is 13.8. The van der Waals surface area contributed by atoms with Crippen LogP contribution in [0.1, 0.15) is 26.7 Å². The SMILES string of the molecule is CC(C)(O)CNc1nc(NN)nc(N2CCCC2)n1. The minimum absolute atomic E-state index is 0.315. The van der Waals surface area contributed by atoms with Crippen LogP contribution in [0.3, 0.4) is 0 Å². The van der Waals surface area contributed by atoms with Crippen molar-refractivity contribution in [2.75, 3.05) is 35.3 Å². The van der Waals surface area contributed by atoms with Crippen LogP contribution < -0.4 is 21.5 Å². The normalized spacial score (nSPS) is 15.7. The minimum atomic E-state index is -0.837. The molecule has 0 spiro atoms. The van der Waals surface area contributed by atoms with E-state index < -0.39 is 5.60 Å². The van der Waals surface area contributed by atoms with Crippen LogP contribution in [0.25, 0.3) is 0 Å². The number of nitrogen functional groups attached to an aromatic ring is 1. The molecule has 0 radical (unpaired) electrons. The van der Waals surface area contributed by atoms with Crippen molar-refractivity contribution in [3.05, 3.63) is 0 Å². The van der Waals surface area contributed by atoms with Crippen molar-refractivity contribution < 1.29 is 5.11 Å². The van der Waals surface area contributed by atoms with Gasteiger partial charge in [0.1, 0.15) is 0 Å². The number of aliphatic hydroxyl groups is 1. The summed E-state index contributed by atoms with van der Waals surface area (Å²) in [5.74, 6) is 6.70. The van der Waals surface area contributed by atoms with Gasteiger partial charge in [0.2, 0.25) is 17.8 Å². The molecule has 0 aliphatic carbocycles. The second-order valence-electron chi connectivity index (χ2n) is 5.29. The van der Waals surface area contributed by atoms with E-state index in [-0.39, 0.29) is 0 Å². The van der Waals surface area contributed by atoms with E-state index in [4.69, 9.17) is 5.84 Å². The predicted octanol–water partition coefficient (Wildman–Crippen LogP) is -0.0598. The van der Waals surface area contributed by atoms with Crippen molar-refractivity contribution in [3.63, 3.8) is 0 Å². The summed E-state index contributed by atoms with van der Waals surface area (Å²) in [7, 11) is 0. The molecular weight excluding hydrogens is 246 g/mol. The molecule has 0 atom stereocenters. The van der Waals surface area contributed by atoms with E-state index in [0.717, 1.165) is 25.9 Å². The third-order valence-electron chi connectivity index (χ3n) is 2.82. The fourth-order valence-electron chi connectivity index (χ4n) is 1.86. The Hall–Kier alpha value is -1.67. The van der Waals surface area contributed by atoms with E-state index in [1.165, 1.54) is 0 Å². The molecule has 5 N–H and O–H groups in total. The molecule has 0 saturated carbocycles. The summed E-state index contributed by atoms with van der Waals surface area (Å²) in [5, 5.41) is 12.7. The van der Waals surface area contributed by atoms with Gasteiger partial charge in [0.05, 0.1) is 5.60 Å². The molecule has 1 aromatic heterocycles. The summed E-state index contributed by atoms with van der Waals surface area (Å²) in [6.07, 6.45) is 2.28. The Kier molecular flexibility index (Phi) is 4.01. The highest BCUT2D eigenvalue weighted by atomic mass is 16.3. The maximum Gasteiger partial charge on any atom is 0.243 e. The number of hydrogen-bond donors (Lipinski definition) is 4.